The van der Waals surface area contributed by atoms with Crippen LogP contribution in [0, 0.1) is 38.5 Å². The van der Waals surface area contributed by atoms with Crippen LogP contribution < -0.4 is 4.90 Å². The summed E-state index contributed by atoms with van der Waals surface area (Å²) in [5.74, 6) is 0.501. The minimum absolute atomic E-state index is 0.0258. The van der Waals surface area contributed by atoms with E-state index in [-0.39, 0.29) is 29.5 Å². The number of sulfonamides is 1. The predicted molar refractivity (Wildman–Crippen MR) is 166 cm³/mol. The van der Waals surface area contributed by atoms with Crippen molar-refractivity contribution in [3.8, 4) is 0 Å². The second kappa shape index (κ2) is 12.1. The van der Waals surface area contributed by atoms with Crippen molar-refractivity contribution >= 4 is 39.1 Å². The summed E-state index contributed by atoms with van der Waals surface area (Å²) in [4.78, 5) is 41.8. The second-order valence-electron chi connectivity index (χ2n) is 12.8. The minimum atomic E-state index is -3.30. The maximum Gasteiger partial charge on any atom is 0.257 e. The average Bonchev–Trinajstić information content (AvgIpc) is 3.40. The molecule has 4 aliphatic rings. The number of aromatic nitrogens is 2. The molecule has 1 saturated carbocycles. The largest absolute Gasteiger partial charge is 0.338 e. The lowest BCUT2D eigenvalue weighted by atomic mass is 10.0. The Balaban J connectivity index is 1.06. The quantitative estimate of drug-likeness (QED) is 0.419. The van der Waals surface area contributed by atoms with Crippen LogP contribution >= 0.6 is 11.6 Å². The third-order valence-corrected chi connectivity index (χ3v) is 12.5. The number of carbonyl (C=O) groups is 2. The Kier molecular flexibility index (Phi) is 8.54. The van der Waals surface area contributed by atoms with Crippen molar-refractivity contribution in [1.29, 1.82) is 0 Å². The summed E-state index contributed by atoms with van der Waals surface area (Å²) < 4.78 is 27.1. The van der Waals surface area contributed by atoms with Gasteiger partial charge in [-0.2, -0.15) is 0 Å². The maximum atomic E-state index is 13.9. The van der Waals surface area contributed by atoms with E-state index in [1.54, 1.807) is 0 Å². The third-order valence-electron chi connectivity index (χ3n) is 9.68. The first-order valence-corrected chi connectivity index (χ1v) is 17.3. The van der Waals surface area contributed by atoms with Crippen LogP contribution in [0.4, 0.5) is 5.69 Å². The molecule has 3 unspecified atom stereocenters. The zero-order chi connectivity index (χ0) is 30.5. The highest BCUT2D eigenvalue weighted by molar-refractivity contribution is 7.90. The van der Waals surface area contributed by atoms with Crippen LogP contribution in [-0.2, 0) is 14.8 Å². The van der Waals surface area contributed by atoms with E-state index in [1.807, 2.05) is 48.8 Å². The van der Waals surface area contributed by atoms with Crippen molar-refractivity contribution in [3.63, 3.8) is 0 Å². The predicted octanol–water partition coefficient (Wildman–Crippen LogP) is 3.30. The molecule has 3 saturated heterocycles. The molecule has 1 aliphatic carbocycles. The first kappa shape index (κ1) is 30.4. The molecule has 4 fully saturated rings. The molecule has 12 heteroatoms. The topological polar surface area (TPSA) is 107 Å². The Bertz CT molecular complexity index is 1480. The van der Waals surface area contributed by atoms with Gasteiger partial charge in [0.05, 0.1) is 28.1 Å². The number of rotatable bonds is 9. The summed E-state index contributed by atoms with van der Waals surface area (Å²) in [6, 6.07) is 5.70. The fourth-order valence-corrected chi connectivity index (χ4v) is 9.10. The molecule has 0 N–H and O–H groups in total. The molecule has 0 radical (unpaired) electrons. The molecule has 3 aliphatic heterocycles. The van der Waals surface area contributed by atoms with Gasteiger partial charge in [-0.3, -0.25) is 9.59 Å². The Labute approximate surface area is 259 Å². The van der Waals surface area contributed by atoms with Gasteiger partial charge in [0.2, 0.25) is 15.9 Å². The summed E-state index contributed by atoms with van der Waals surface area (Å²) in [5, 5.41) is 0.345. The van der Waals surface area contributed by atoms with Gasteiger partial charge in [0.15, 0.2) is 0 Å². The molecule has 0 bridgehead atoms. The molecule has 3 atom stereocenters. The van der Waals surface area contributed by atoms with E-state index >= 15 is 0 Å². The van der Waals surface area contributed by atoms with E-state index in [0.717, 1.165) is 74.6 Å². The highest BCUT2D eigenvalue weighted by Crippen LogP contribution is 2.35. The van der Waals surface area contributed by atoms with Crippen molar-refractivity contribution in [2.24, 2.45) is 17.8 Å². The molecular weight excluding hydrogens is 588 g/mol. The molecule has 43 heavy (non-hydrogen) atoms. The number of hydrogen-bond acceptors (Lipinski definition) is 7. The van der Waals surface area contributed by atoms with Gasteiger partial charge in [0, 0.05) is 56.5 Å². The molecule has 232 valence electrons. The summed E-state index contributed by atoms with van der Waals surface area (Å²) in [6.07, 6.45) is 4.27. The molecule has 2 amide bonds. The highest BCUT2D eigenvalue weighted by atomic mass is 35.5. The van der Waals surface area contributed by atoms with Crippen molar-refractivity contribution in [2.75, 3.05) is 57.3 Å². The second-order valence-corrected chi connectivity index (χ2v) is 15.4. The number of amides is 2. The number of carbonyl (C=O) groups excluding carboxylic acids is 2. The van der Waals surface area contributed by atoms with Crippen molar-refractivity contribution in [1.82, 2.24) is 24.1 Å². The van der Waals surface area contributed by atoms with E-state index in [0.29, 0.717) is 41.9 Å². The van der Waals surface area contributed by atoms with E-state index in [9.17, 15) is 18.0 Å². The Morgan fingerprint density at radius 2 is 1.65 bits per heavy atom. The van der Waals surface area contributed by atoms with Gasteiger partial charge in [-0.15, -0.1) is 0 Å². The Morgan fingerprint density at radius 1 is 0.977 bits per heavy atom. The van der Waals surface area contributed by atoms with Gasteiger partial charge in [0.1, 0.15) is 6.33 Å². The fraction of sp³-hybridized carbons (Fsp3) is 0.613. The first-order valence-electron chi connectivity index (χ1n) is 15.4. The average molecular weight is 629 g/mol. The molecule has 2 aromatic rings. The lowest BCUT2D eigenvalue weighted by Crippen LogP contribution is -2.40. The van der Waals surface area contributed by atoms with Crippen LogP contribution in [0.25, 0.3) is 0 Å². The van der Waals surface area contributed by atoms with Crippen molar-refractivity contribution in [3.05, 3.63) is 52.1 Å². The number of likely N-dealkylation sites (tertiary alicyclic amines) is 2. The summed E-state index contributed by atoms with van der Waals surface area (Å²) >= 11 is 6.46. The van der Waals surface area contributed by atoms with Crippen LogP contribution in [0.1, 0.15) is 53.0 Å². The zero-order valence-electron chi connectivity index (χ0n) is 25.2. The normalized spacial score (nSPS) is 24.5. The summed E-state index contributed by atoms with van der Waals surface area (Å²) in [5.41, 5.74) is 3.77. The number of aryl methyl sites for hydroxylation is 3. The standard InChI is InChI=1S/C31H41ClN6O4S/c1-20-5-6-26(13-28(20)32)38(30(39)23-9-12-37(18-23)43(41,42)27-7-8-27)11-4-10-35-14-24-16-36(17-25(24)15-35)31(40)29-21(2)33-19-34-22(29)3/h5-6,13,19,23-25,27H,4,7-12,14-18H2,1-3H3. The summed E-state index contributed by atoms with van der Waals surface area (Å²) in [7, 11) is -3.30. The lowest BCUT2D eigenvalue weighted by molar-refractivity contribution is -0.121. The third kappa shape index (κ3) is 6.18. The lowest BCUT2D eigenvalue weighted by Gasteiger charge is -2.28. The monoisotopic (exact) mass is 628 g/mol. The summed E-state index contributed by atoms with van der Waals surface area (Å²) in [6.45, 7) is 11.0. The van der Waals surface area contributed by atoms with E-state index in [1.165, 1.54) is 10.6 Å². The van der Waals surface area contributed by atoms with Gasteiger partial charge in [-0.05, 0) is 82.5 Å². The molecule has 10 nitrogen and oxygen atoms in total. The fourth-order valence-electron chi connectivity index (χ4n) is 7.03. The number of nitrogens with zero attached hydrogens (tertiary/aromatic N) is 6. The highest BCUT2D eigenvalue weighted by Gasteiger charge is 2.45. The van der Waals surface area contributed by atoms with E-state index < -0.39 is 10.0 Å². The Hall–Kier alpha value is -2.60. The molecule has 4 heterocycles. The van der Waals surface area contributed by atoms with Crippen LogP contribution in [0.3, 0.4) is 0 Å². The number of fused-ring (bicyclic) bond motifs is 1. The molecule has 1 aromatic carbocycles. The molecule has 0 spiro atoms. The van der Waals surface area contributed by atoms with E-state index in [4.69, 9.17) is 11.6 Å². The number of halogens is 1. The Morgan fingerprint density at radius 3 is 2.28 bits per heavy atom. The zero-order valence-corrected chi connectivity index (χ0v) is 26.8. The molecular formula is C31H41ClN6O4S. The van der Waals surface area contributed by atoms with Crippen molar-refractivity contribution in [2.45, 2.75) is 51.7 Å². The van der Waals surface area contributed by atoms with Gasteiger partial charge in [-0.25, -0.2) is 22.7 Å². The van der Waals surface area contributed by atoms with E-state index in [2.05, 4.69) is 14.9 Å². The van der Waals surface area contributed by atoms with Crippen LogP contribution in [-0.4, -0.2) is 102 Å². The first-order chi connectivity index (χ1) is 20.5. The van der Waals surface area contributed by atoms with Crippen LogP contribution in [0.5, 0.6) is 0 Å². The molecule has 1 aromatic heterocycles. The number of anilines is 1. The maximum absolute atomic E-state index is 13.9. The number of hydrogen-bond donors (Lipinski definition) is 0. The number of benzene rings is 1. The van der Waals surface area contributed by atoms with Crippen LogP contribution in [0.15, 0.2) is 24.5 Å². The van der Waals surface area contributed by atoms with Gasteiger partial charge in [0.25, 0.3) is 5.91 Å². The van der Waals surface area contributed by atoms with Gasteiger partial charge < -0.3 is 14.7 Å². The molecule has 6 rings (SSSR count). The smallest absolute Gasteiger partial charge is 0.257 e. The van der Waals surface area contributed by atoms with Crippen LogP contribution in [0.2, 0.25) is 5.02 Å². The van der Waals surface area contributed by atoms with Crippen molar-refractivity contribution < 1.29 is 18.0 Å². The van der Waals surface area contributed by atoms with Gasteiger partial charge in [-0.1, -0.05) is 17.7 Å². The minimum Gasteiger partial charge on any atom is -0.338 e. The SMILES string of the molecule is Cc1ccc(N(CCCN2CC3CN(C(=O)c4c(C)ncnc4C)CC3C2)C(=O)C2CCN(S(=O)(=O)C3CC3)C2)cc1Cl. The van der Waals surface area contributed by atoms with Gasteiger partial charge >= 0.3 is 0 Å².